The molecule has 0 aromatic heterocycles. The van der Waals surface area contributed by atoms with Crippen LogP contribution in [0.15, 0.2) is 60.7 Å². The molecular weight excluding hydrogens is 458 g/mol. The van der Waals surface area contributed by atoms with Gasteiger partial charge < -0.3 is 29.3 Å². The summed E-state index contributed by atoms with van der Waals surface area (Å²) in [7, 11) is 4.54. The zero-order chi connectivity index (χ0) is 25.7. The predicted octanol–water partition coefficient (Wildman–Crippen LogP) is 4.24. The monoisotopic (exact) mass is 489 g/mol. The Bertz CT molecular complexity index is 1190. The highest BCUT2D eigenvalue weighted by Gasteiger charge is 2.22. The number of benzene rings is 3. The van der Waals surface area contributed by atoms with Crippen LogP contribution >= 0.6 is 0 Å². The second kappa shape index (κ2) is 11.0. The largest absolute Gasteiger partial charge is 0.493 e. The Hall–Kier alpha value is -4.20. The maximum absolute atomic E-state index is 12.9. The molecule has 8 nitrogen and oxygen atoms in total. The number of piperazine rings is 1. The zero-order valence-corrected chi connectivity index (χ0v) is 21.0. The number of ether oxygens (including phenoxy) is 3. The van der Waals surface area contributed by atoms with E-state index in [9.17, 15) is 9.59 Å². The average Bonchev–Trinajstić information content (AvgIpc) is 2.92. The molecule has 4 rings (SSSR count). The highest BCUT2D eigenvalue weighted by Crippen LogP contribution is 2.38. The molecule has 0 atom stereocenters. The molecule has 3 aromatic carbocycles. The molecular formula is C28H31N3O5. The smallest absolute Gasteiger partial charge is 0.255 e. The lowest BCUT2D eigenvalue weighted by molar-refractivity contribution is 0.0746. The second-order valence-electron chi connectivity index (χ2n) is 8.56. The summed E-state index contributed by atoms with van der Waals surface area (Å²) >= 11 is 0. The molecule has 1 saturated heterocycles. The van der Waals surface area contributed by atoms with Crippen LogP contribution in [-0.2, 0) is 0 Å². The van der Waals surface area contributed by atoms with Crippen LogP contribution in [0.25, 0.3) is 0 Å². The highest BCUT2D eigenvalue weighted by molar-refractivity contribution is 6.05. The first-order valence-electron chi connectivity index (χ1n) is 11.8. The first-order valence-corrected chi connectivity index (χ1v) is 11.8. The Kier molecular flexibility index (Phi) is 7.63. The third-order valence-electron chi connectivity index (χ3n) is 6.28. The molecule has 1 aliphatic heterocycles. The standard InChI is InChI=1S/C28H31N3O5/c1-19-5-7-20(8-6-19)28(33)31-15-13-30(14-16-31)23-11-9-22(10-12-23)29-27(32)21-17-24(34-2)26(36-4)25(18-21)35-3/h5-12,17-18H,13-16H2,1-4H3,(H,29,32). The van der Waals surface area contributed by atoms with Gasteiger partial charge >= 0.3 is 0 Å². The number of methoxy groups -OCH3 is 3. The van der Waals surface area contributed by atoms with Gasteiger partial charge in [0.05, 0.1) is 21.3 Å². The lowest BCUT2D eigenvalue weighted by Gasteiger charge is -2.36. The number of hydrogen-bond donors (Lipinski definition) is 1. The topological polar surface area (TPSA) is 80.3 Å². The van der Waals surface area contributed by atoms with E-state index in [4.69, 9.17) is 14.2 Å². The van der Waals surface area contributed by atoms with Gasteiger partial charge in [-0.15, -0.1) is 0 Å². The summed E-state index contributed by atoms with van der Waals surface area (Å²) in [6, 6.07) is 18.6. The van der Waals surface area contributed by atoms with Gasteiger partial charge in [-0.1, -0.05) is 17.7 Å². The van der Waals surface area contributed by atoms with Crippen molar-refractivity contribution >= 4 is 23.2 Å². The maximum atomic E-state index is 12.9. The number of hydrogen-bond acceptors (Lipinski definition) is 6. The van der Waals surface area contributed by atoms with Crippen LogP contribution in [0.3, 0.4) is 0 Å². The van der Waals surface area contributed by atoms with E-state index in [1.54, 1.807) is 12.1 Å². The summed E-state index contributed by atoms with van der Waals surface area (Å²) in [5.41, 5.74) is 3.97. The van der Waals surface area contributed by atoms with Gasteiger partial charge in [0, 0.05) is 48.7 Å². The number of carbonyl (C=O) groups is 2. The van der Waals surface area contributed by atoms with E-state index in [0.717, 1.165) is 29.9 Å². The van der Waals surface area contributed by atoms with E-state index in [1.165, 1.54) is 21.3 Å². The van der Waals surface area contributed by atoms with E-state index in [2.05, 4.69) is 10.2 Å². The van der Waals surface area contributed by atoms with Crippen LogP contribution in [0.2, 0.25) is 0 Å². The molecule has 188 valence electrons. The van der Waals surface area contributed by atoms with Crippen LogP contribution in [0, 0.1) is 6.92 Å². The molecule has 2 amide bonds. The van der Waals surface area contributed by atoms with Crippen molar-refractivity contribution in [3.05, 3.63) is 77.4 Å². The third kappa shape index (κ3) is 5.38. The molecule has 8 heteroatoms. The molecule has 0 spiro atoms. The van der Waals surface area contributed by atoms with Crippen LogP contribution in [0.1, 0.15) is 26.3 Å². The lowest BCUT2D eigenvalue weighted by atomic mass is 10.1. The molecule has 0 radical (unpaired) electrons. The fraction of sp³-hybridized carbons (Fsp3) is 0.286. The van der Waals surface area contributed by atoms with Crippen molar-refractivity contribution in [1.29, 1.82) is 0 Å². The Labute approximate surface area is 211 Å². The van der Waals surface area contributed by atoms with Crippen molar-refractivity contribution in [2.75, 3.05) is 57.7 Å². The minimum Gasteiger partial charge on any atom is -0.493 e. The van der Waals surface area contributed by atoms with Crippen LogP contribution in [-0.4, -0.2) is 64.2 Å². The summed E-state index contributed by atoms with van der Waals surface area (Å²) < 4.78 is 16.0. The normalized spacial score (nSPS) is 13.2. The molecule has 1 fully saturated rings. The number of nitrogens with one attached hydrogen (secondary N) is 1. The molecule has 0 unspecified atom stereocenters. The number of nitrogens with zero attached hydrogens (tertiary/aromatic N) is 2. The van der Waals surface area contributed by atoms with Crippen molar-refractivity contribution in [1.82, 2.24) is 4.90 Å². The van der Waals surface area contributed by atoms with E-state index < -0.39 is 0 Å². The summed E-state index contributed by atoms with van der Waals surface area (Å²) in [6.45, 7) is 4.82. The molecule has 1 aliphatic rings. The Morgan fingerprint density at radius 1 is 0.750 bits per heavy atom. The number of anilines is 2. The van der Waals surface area contributed by atoms with Gasteiger partial charge in [-0.25, -0.2) is 0 Å². The average molecular weight is 490 g/mol. The fourth-order valence-electron chi connectivity index (χ4n) is 4.22. The third-order valence-corrected chi connectivity index (χ3v) is 6.28. The van der Waals surface area contributed by atoms with Gasteiger partial charge in [0.1, 0.15) is 0 Å². The van der Waals surface area contributed by atoms with Gasteiger partial charge in [0.25, 0.3) is 11.8 Å². The summed E-state index contributed by atoms with van der Waals surface area (Å²) in [5.74, 6) is 1.04. The van der Waals surface area contributed by atoms with Crippen molar-refractivity contribution in [2.45, 2.75) is 6.92 Å². The van der Waals surface area contributed by atoms with Crippen molar-refractivity contribution in [3.63, 3.8) is 0 Å². The first kappa shape index (κ1) is 24.9. The lowest BCUT2D eigenvalue weighted by Crippen LogP contribution is -2.48. The van der Waals surface area contributed by atoms with Crippen LogP contribution in [0.5, 0.6) is 17.2 Å². The molecule has 0 aliphatic carbocycles. The highest BCUT2D eigenvalue weighted by atomic mass is 16.5. The molecule has 3 aromatic rings. The summed E-state index contributed by atoms with van der Waals surface area (Å²) in [6.07, 6.45) is 0. The van der Waals surface area contributed by atoms with E-state index in [-0.39, 0.29) is 11.8 Å². The molecule has 1 heterocycles. The summed E-state index contributed by atoms with van der Waals surface area (Å²) in [4.78, 5) is 29.8. The quantitative estimate of drug-likeness (QED) is 0.535. The minimum atomic E-state index is -0.287. The first-order chi connectivity index (χ1) is 17.4. The second-order valence-corrected chi connectivity index (χ2v) is 8.56. The van der Waals surface area contributed by atoms with E-state index >= 15 is 0 Å². The maximum Gasteiger partial charge on any atom is 0.255 e. The fourth-order valence-corrected chi connectivity index (χ4v) is 4.22. The van der Waals surface area contributed by atoms with Gasteiger partial charge in [-0.2, -0.15) is 0 Å². The minimum absolute atomic E-state index is 0.0690. The SMILES string of the molecule is COc1cc(C(=O)Nc2ccc(N3CCN(C(=O)c4ccc(C)cc4)CC3)cc2)cc(OC)c1OC. The predicted molar refractivity (Wildman–Crippen MR) is 140 cm³/mol. The van der Waals surface area contributed by atoms with Gasteiger partial charge in [-0.05, 0) is 55.5 Å². The zero-order valence-electron chi connectivity index (χ0n) is 21.0. The number of aryl methyl sites for hydroxylation is 1. The molecule has 0 saturated carbocycles. The van der Waals surface area contributed by atoms with Crippen molar-refractivity contribution in [2.24, 2.45) is 0 Å². The van der Waals surface area contributed by atoms with Crippen molar-refractivity contribution < 1.29 is 23.8 Å². The van der Waals surface area contributed by atoms with E-state index in [0.29, 0.717) is 41.6 Å². The molecule has 1 N–H and O–H groups in total. The van der Waals surface area contributed by atoms with Crippen LogP contribution < -0.4 is 24.4 Å². The van der Waals surface area contributed by atoms with Gasteiger partial charge in [0.2, 0.25) is 5.75 Å². The number of carbonyl (C=O) groups excluding carboxylic acids is 2. The number of rotatable bonds is 7. The molecule has 0 bridgehead atoms. The van der Waals surface area contributed by atoms with Gasteiger partial charge in [-0.3, -0.25) is 9.59 Å². The van der Waals surface area contributed by atoms with Gasteiger partial charge in [0.15, 0.2) is 11.5 Å². The Morgan fingerprint density at radius 2 is 1.33 bits per heavy atom. The Balaban J connectivity index is 1.37. The molecule has 36 heavy (non-hydrogen) atoms. The van der Waals surface area contributed by atoms with E-state index in [1.807, 2.05) is 60.4 Å². The number of amides is 2. The van der Waals surface area contributed by atoms with Crippen LogP contribution in [0.4, 0.5) is 11.4 Å². The van der Waals surface area contributed by atoms with Crippen molar-refractivity contribution in [3.8, 4) is 17.2 Å². The summed E-state index contributed by atoms with van der Waals surface area (Å²) in [5, 5.41) is 2.91. The Morgan fingerprint density at radius 3 is 1.86 bits per heavy atom.